The second kappa shape index (κ2) is 12.0. The molecule has 0 heterocycles. The van der Waals surface area contributed by atoms with E-state index in [4.69, 9.17) is 32.7 Å². The molecule has 0 aromatic heterocycles. The molecule has 3 rings (SSSR count). The highest BCUT2D eigenvalue weighted by Crippen LogP contribution is 2.29. The summed E-state index contributed by atoms with van der Waals surface area (Å²) in [4.78, 5) is 23.8. The quantitative estimate of drug-likeness (QED) is 0.238. The predicted molar refractivity (Wildman–Crippen MR) is 129 cm³/mol. The van der Waals surface area contributed by atoms with Crippen molar-refractivity contribution >= 4 is 46.9 Å². The fourth-order valence-corrected chi connectivity index (χ4v) is 3.24. The van der Waals surface area contributed by atoms with Crippen LogP contribution in [0.25, 0.3) is 0 Å². The van der Waals surface area contributed by atoms with E-state index in [1.807, 2.05) is 0 Å². The predicted octanol–water partition coefficient (Wildman–Crippen LogP) is 5.20. The van der Waals surface area contributed by atoms with Crippen molar-refractivity contribution in [2.45, 2.75) is 13.0 Å². The number of carbonyl (C=O) groups is 2. The van der Waals surface area contributed by atoms with E-state index in [9.17, 15) is 14.0 Å². The highest BCUT2D eigenvalue weighted by molar-refractivity contribution is 6.35. The average molecular weight is 504 g/mol. The van der Waals surface area contributed by atoms with Gasteiger partial charge in [-0.25, -0.2) is 9.82 Å². The van der Waals surface area contributed by atoms with E-state index in [1.165, 1.54) is 37.6 Å². The van der Waals surface area contributed by atoms with Gasteiger partial charge >= 0.3 is 0 Å². The van der Waals surface area contributed by atoms with Gasteiger partial charge in [-0.15, -0.1) is 0 Å². The third kappa shape index (κ3) is 7.47. The number of halogens is 3. The Balaban J connectivity index is 1.52. The lowest BCUT2D eigenvalue weighted by Crippen LogP contribution is -2.24. The normalized spacial score (nSPS) is 10.7. The van der Waals surface area contributed by atoms with Crippen molar-refractivity contribution in [3.8, 4) is 11.5 Å². The van der Waals surface area contributed by atoms with Crippen molar-refractivity contribution in [3.63, 3.8) is 0 Å². The molecule has 0 aliphatic heterocycles. The molecule has 10 heteroatoms. The highest BCUT2D eigenvalue weighted by Gasteiger charge is 2.10. The van der Waals surface area contributed by atoms with E-state index in [-0.39, 0.29) is 6.61 Å². The number of nitrogens with one attached hydrogen (secondary N) is 2. The Hall–Kier alpha value is -3.62. The van der Waals surface area contributed by atoms with Crippen LogP contribution in [0, 0.1) is 5.82 Å². The molecule has 0 saturated carbocycles. The van der Waals surface area contributed by atoms with Crippen molar-refractivity contribution in [2.75, 3.05) is 12.4 Å². The van der Waals surface area contributed by atoms with E-state index in [0.29, 0.717) is 32.8 Å². The molecule has 176 valence electrons. The fraction of sp³-hybridized carbons (Fsp3) is 0.125. The third-order valence-electron chi connectivity index (χ3n) is 4.44. The molecule has 2 amide bonds. The molecular formula is C24H20Cl2FN3O4. The molecule has 0 spiro atoms. The number of ether oxygens (including phenoxy) is 2. The summed E-state index contributed by atoms with van der Waals surface area (Å²) in [5, 5.41) is 7.38. The fourth-order valence-electron chi connectivity index (χ4n) is 2.78. The van der Waals surface area contributed by atoms with Crippen LogP contribution in [-0.2, 0) is 16.2 Å². The van der Waals surface area contributed by atoms with Crippen LogP contribution in [0.2, 0.25) is 10.0 Å². The van der Waals surface area contributed by atoms with Gasteiger partial charge in [0.1, 0.15) is 18.8 Å². The molecule has 0 saturated heterocycles. The van der Waals surface area contributed by atoms with Gasteiger partial charge in [0, 0.05) is 21.3 Å². The van der Waals surface area contributed by atoms with Crippen LogP contribution in [-0.4, -0.2) is 25.1 Å². The minimum Gasteiger partial charge on any atom is -0.493 e. The van der Waals surface area contributed by atoms with Crippen LogP contribution in [0.15, 0.2) is 65.8 Å². The summed E-state index contributed by atoms with van der Waals surface area (Å²) in [7, 11) is 1.50. The minimum atomic E-state index is -0.609. The summed E-state index contributed by atoms with van der Waals surface area (Å²) < 4.78 is 24.1. The zero-order valence-electron chi connectivity index (χ0n) is 18.0. The van der Waals surface area contributed by atoms with Gasteiger partial charge in [-0.05, 0) is 60.2 Å². The maximum atomic E-state index is 12.9. The van der Waals surface area contributed by atoms with Gasteiger partial charge in [0.15, 0.2) is 11.5 Å². The van der Waals surface area contributed by atoms with E-state index in [2.05, 4.69) is 15.8 Å². The minimum absolute atomic E-state index is 0.218. The van der Waals surface area contributed by atoms with Crippen molar-refractivity contribution < 1.29 is 23.5 Å². The molecule has 7 nitrogen and oxygen atoms in total. The molecule has 0 bridgehead atoms. The number of rotatable bonds is 9. The number of benzene rings is 3. The Morgan fingerprint density at radius 2 is 1.76 bits per heavy atom. The monoisotopic (exact) mass is 503 g/mol. The van der Waals surface area contributed by atoms with Gasteiger partial charge in [-0.1, -0.05) is 29.3 Å². The zero-order chi connectivity index (χ0) is 24.5. The highest BCUT2D eigenvalue weighted by atomic mass is 35.5. The second-order valence-corrected chi connectivity index (χ2v) is 7.80. The first-order valence-corrected chi connectivity index (χ1v) is 10.7. The van der Waals surface area contributed by atoms with Gasteiger partial charge < -0.3 is 14.8 Å². The Morgan fingerprint density at radius 1 is 1.00 bits per heavy atom. The van der Waals surface area contributed by atoms with E-state index in [1.54, 1.807) is 36.4 Å². The van der Waals surface area contributed by atoms with E-state index in [0.717, 1.165) is 5.56 Å². The summed E-state index contributed by atoms with van der Waals surface area (Å²) in [6.07, 6.45) is 0.955. The van der Waals surface area contributed by atoms with Crippen molar-refractivity contribution in [3.05, 3.63) is 87.7 Å². The Bertz CT molecular complexity index is 1200. The van der Waals surface area contributed by atoms with Crippen molar-refractivity contribution in [2.24, 2.45) is 5.10 Å². The maximum Gasteiger partial charge on any atom is 0.249 e. The summed E-state index contributed by atoms with van der Waals surface area (Å²) in [6.45, 7) is 0.218. The first kappa shape index (κ1) is 25.0. The van der Waals surface area contributed by atoms with Gasteiger partial charge in [-0.3, -0.25) is 9.59 Å². The van der Waals surface area contributed by atoms with Gasteiger partial charge in [-0.2, -0.15) is 5.10 Å². The Morgan fingerprint density at radius 3 is 2.47 bits per heavy atom. The lowest BCUT2D eigenvalue weighted by Gasteiger charge is -2.12. The number of amides is 2. The zero-order valence-corrected chi connectivity index (χ0v) is 19.5. The molecule has 3 aromatic carbocycles. The number of carbonyl (C=O) groups excluding carboxylic acids is 2. The Kier molecular flexibility index (Phi) is 8.84. The molecule has 0 radical (unpaired) electrons. The van der Waals surface area contributed by atoms with Gasteiger partial charge in [0.2, 0.25) is 11.8 Å². The van der Waals surface area contributed by atoms with E-state index >= 15 is 0 Å². The Labute approximate surface area is 205 Å². The second-order valence-electron chi connectivity index (χ2n) is 6.96. The molecular weight excluding hydrogens is 484 g/mol. The number of anilines is 1. The first-order valence-electron chi connectivity index (χ1n) is 9.96. The van der Waals surface area contributed by atoms with Crippen LogP contribution >= 0.6 is 23.2 Å². The van der Waals surface area contributed by atoms with Crippen LogP contribution < -0.4 is 20.2 Å². The van der Waals surface area contributed by atoms with Crippen LogP contribution in [0.1, 0.15) is 17.5 Å². The van der Waals surface area contributed by atoms with Crippen LogP contribution in [0.3, 0.4) is 0 Å². The molecule has 3 aromatic rings. The third-order valence-corrected chi connectivity index (χ3v) is 5.02. The molecule has 34 heavy (non-hydrogen) atoms. The van der Waals surface area contributed by atoms with Crippen molar-refractivity contribution in [1.82, 2.24) is 5.43 Å². The number of hydrogen-bond donors (Lipinski definition) is 2. The molecule has 2 N–H and O–H groups in total. The lowest BCUT2D eigenvalue weighted by molar-refractivity contribution is -0.126. The number of hydrazone groups is 1. The van der Waals surface area contributed by atoms with Crippen LogP contribution in [0.4, 0.5) is 10.1 Å². The first-order chi connectivity index (χ1) is 16.3. The maximum absolute atomic E-state index is 12.9. The smallest absolute Gasteiger partial charge is 0.249 e. The molecule has 0 fully saturated rings. The average Bonchev–Trinajstić information content (AvgIpc) is 2.80. The number of methoxy groups -OCH3 is 1. The largest absolute Gasteiger partial charge is 0.493 e. The van der Waals surface area contributed by atoms with Gasteiger partial charge in [0.25, 0.3) is 0 Å². The molecule has 0 unspecified atom stereocenters. The molecule has 0 aliphatic rings. The number of nitrogens with zero attached hydrogens (tertiary/aromatic N) is 1. The summed E-state index contributed by atoms with van der Waals surface area (Å²) in [5.41, 5.74) is 4.06. The van der Waals surface area contributed by atoms with Gasteiger partial charge in [0.05, 0.1) is 13.3 Å². The standard InChI is InChI=1S/C24H20Cl2FN3O4/c1-33-22-10-15(2-9-21(22)34-14-16-3-4-17(25)11-20(16)26)13-28-30-24(32)12-23(31)29-19-7-5-18(27)6-8-19/h2-11,13H,12,14H2,1H3,(H,29,31)(H,30,32). The topological polar surface area (TPSA) is 89.0 Å². The number of hydrogen-bond acceptors (Lipinski definition) is 5. The molecule has 0 aliphatic carbocycles. The lowest BCUT2D eigenvalue weighted by atomic mass is 10.2. The summed E-state index contributed by atoms with van der Waals surface area (Å²) in [6, 6.07) is 15.4. The summed E-state index contributed by atoms with van der Waals surface area (Å²) >= 11 is 12.1. The SMILES string of the molecule is COc1cc(C=NNC(=O)CC(=O)Nc2ccc(F)cc2)ccc1OCc1ccc(Cl)cc1Cl. The van der Waals surface area contributed by atoms with E-state index < -0.39 is 24.1 Å². The van der Waals surface area contributed by atoms with Crippen LogP contribution in [0.5, 0.6) is 11.5 Å². The van der Waals surface area contributed by atoms with Crippen molar-refractivity contribution in [1.29, 1.82) is 0 Å². The molecule has 0 atom stereocenters. The summed E-state index contributed by atoms with van der Waals surface area (Å²) in [5.74, 6) is -0.635.